The van der Waals surface area contributed by atoms with Crippen LogP contribution in [-0.4, -0.2) is 61.1 Å². The SMILES string of the molecule is COc1cc(OC)cc(C2Cc3cnc(N(CCCO)C(C)=O)cc3NC2NC(=O)NC(C)(C)C)c1. The summed E-state index contributed by atoms with van der Waals surface area (Å²) in [7, 11) is 3.20. The molecule has 3 amide bonds. The Morgan fingerprint density at radius 1 is 1.17 bits per heavy atom. The zero-order valence-corrected chi connectivity index (χ0v) is 21.8. The first-order valence-electron chi connectivity index (χ1n) is 12.0. The first-order chi connectivity index (χ1) is 17.0. The van der Waals surface area contributed by atoms with Gasteiger partial charge in [-0.25, -0.2) is 9.78 Å². The maximum Gasteiger partial charge on any atom is 0.316 e. The van der Waals surface area contributed by atoms with Gasteiger partial charge in [-0.2, -0.15) is 0 Å². The van der Waals surface area contributed by atoms with Gasteiger partial charge in [0.1, 0.15) is 23.5 Å². The zero-order valence-electron chi connectivity index (χ0n) is 21.8. The number of hydrogen-bond acceptors (Lipinski definition) is 7. The van der Waals surface area contributed by atoms with E-state index in [1.165, 1.54) is 11.8 Å². The Hall–Kier alpha value is -3.53. The Morgan fingerprint density at radius 3 is 2.39 bits per heavy atom. The van der Waals surface area contributed by atoms with Crippen LogP contribution in [0.1, 0.15) is 51.2 Å². The fourth-order valence-corrected chi connectivity index (χ4v) is 4.21. The first-order valence-corrected chi connectivity index (χ1v) is 12.0. The van der Waals surface area contributed by atoms with Gasteiger partial charge in [0.05, 0.1) is 14.2 Å². The molecule has 36 heavy (non-hydrogen) atoms. The number of amides is 3. The van der Waals surface area contributed by atoms with E-state index in [-0.39, 0.29) is 24.5 Å². The summed E-state index contributed by atoms with van der Waals surface area (Å²) in [6.45, 7) is 7.57. The number of carbonyl (C=O) groups is 2. The fourth-order valence-electron chi connectivity index (χ4n) is 4.21. The van der Waals surface area contributed by atoms with Gasteiger partial charge in [0.2, 0.25) is 5.91 Å². The normalized spacial score (nSPS) is 16.9. The summed E-state index contributed by atoms with van der Waals surface area (Å²) in [5.74, 6) is 1.48. The number of rotatable bonds is 8. The van der Waals surface area contributed by atoms with Crippen LogP contribution in [0.25, 0.3) is 0 Å². The molecule has 10 heteroatoms. The summed E-state index contributed by atoms with van der Waals surface area (Å²) in [6, 6.07) is 7.19. The number of nitrogens with zero attached hydrogens (tertiary/aromatic N) is 2. The number of anilines is 2. The lowest BCUT2D eigenvalue weighted by atomic mass is 9.86. The molecule has 0 fully saturated rings. The number of aliphatic hydroxyl groups excluding tert-OH is 1. The summed E-state index contributed by atoms with van der Waals surface area (Å²) in [5.41, 5.74) is 2.26. The van der Waals surface area contributed by atoms with E-state index in [1.807, 2.05) is 39.0 Å². The minimum absolute atomic E-state index is 0.0203. The van der Waals surface area contributed by atoms with E-state index in [9.17, 15) is 14.7 Å². The average Bonchev–Trinajstić information content (AvgIpc) is 2.81. The van der Waals surface area contributed by atoms with Crippen LogP contribution in [0.5, 0.6) is 11.5 Å². The fraction of sp³-hybridized carbons (Fsp3) is 0.500. The molecule has 0 saturated heterocycles. The van der Waals surface area contributed by atoms with Crippen molar-refractivity contribution in [2.75, 3.05) is 37.6 Å². The largest absolute Gasteiger partial charge is 0.497 e. The Balaban J connectivity index is 1.99. The molecule has 4 N–H and O–H groups in total. The third kappa shape index (κ3) is 6.78. The number of nitrogens with one attached hydrogen (secondary N) is 3. The lowest BCUT2D eigenvalue weighted by Gasteiger charge is -2.36. The highest BCUT2D eigenvalue weighted by molar-refractivity contribution is 5.91. The van der Waals surface area contributed by atoms with Gasteiger partial charge in [-0.05, 0) is 56.9 Å². The predicted molar refractivity (Wildman–Crippen MR) is 139 cm³/mol. The molecule has 10 nitrogen and oxygen atoms in total. The molecular weight excluding hydrogens is 462 g/mol. The van der Waals surface area contributed by atoms with Crippen molar-refractivity contribution < 1.29 is 24.2 Å². The average molecular weight is 500 g/mol. The van der Waals surface area contributed by atoms with Crippen LogP contribution < -0.4 is 30.3 Å². The highest BCUT2D eigenvalue weighted by atomic mass is 16.5. The van der Waals surface area contributed by atoms with Crippen molar-refractivity contribution >= 4 is 23.4 Å². The van der Waals surface area contributed by atoms with Gasteiger partial charge in [-0.15, -0.1) is 0 Å². The van der Waals surface area contributed by atoms with Crippen molar-refractivity contribution in [2.45, 2.75) is 58.2 Å². The van der Waals surface area contributed by atoms with Gasteiger partial charge in [0.15, 0.2) is 0 Å². The highest BCUT2D eigenvalue weighted by Crippen LogP contribution is 2.37. The topological polar surface area (TPSA) is 125 Å². The van der Waals surface area contributed by atoms with Crippen LogP contribution in [0.2, 0.25) is 0 Å². The van der Waals surface area contributed by atoms with E-state index in [0.29, 0.717) is 36.7 Å². The van der Waals surface area contributed by atoms with E-state index in [2.05, 4.69) is 20.9 Å². The molecule has 3 rings (SSSR count). The minimum atomic E-state index is -0.463. The van der Waals surface area contributed by atoms with Crippen molar-refractivity contribution in [1.29, 1.82) is 0 Å². The number of fused-ring (bicyclic) bond motifs is 1. The van der Waals surface area contributed by atoms with E-state index in [4.69, 9.17) is 9.47 Å². The number of pyridine rings is 1. The second kappa shape index (κ2) is 11.5. The standard InChI is InChI=1S/C26H37N5O5/c1-16(33)31(8-7-9-32)23-14-22-18(15-27-23)12-21(17-10-19(35-5)13-20(11-17)36-6)24(28-22)29-25(34)30-26(2,3)4/h10-11,13-15,21,24,28,32H,7-9,12H2,1-6H3,(H2,29,30,34). The second-order valence-corrected chi connectivity index (χ2v) is 9.87. The van der Waals surface area contributed by atoms with Gasteiger partial charge in [0.25, 0.3) is 0 Å². The monoisotopic (exact) mass is 499 g/mol. The molecule has 0 aliphatic carbocycles. The number of carbonyl (C=O) groups excluding carboxylic acids is 2. The van der Waals surface area contributed by atoms with Crippen LogP contribution in [0.4, 0.5) is 16.3 Å². The van der Waals surface area contributed by atoms with E-state index in [0.717, 1.165) is 16.8 Å². The molecule has 0 spiro atoms. The van der Waals surface area contributed by atoms with E-state index >= 15 is 0 Å². The van der Waals surface area contributed by atoms with Gasteiger partial charge < -0.3 is 30.5 Å². The summed E-state index contributed by atoms with van der Waals surface area (Å²) < 4.78 is 10.9. The molecule has 0 saturated carbocycles. The van der Waals surface area contributed by atoms with Crippen LogP contribution in [-0.2, 0) is 11.2 Å². The third-order valence-electron chi connectivity index (χ3n) is 5.90. The zero-order chi connectivity index (χ0) is 26.5. The molecule has 2 unspecified atom stereocenters. The van der Waals surface area contributed by atoms with Crippen LogP contribution in [0.3, 0.4) is 0 Å². The highest BCUT2D eigenvalue weighted by Gasteiger charge is 2.33. The Labute approximate surface area is 212 Å². The van der Waals surface area contributed by atoms with Gasteiger partial charge in [-0.3, -0.25) is 9.69 Å². The number of benzene rings is 1. The molecule has 2 atom stereocenters. The molecule has 2 aromatic rings. The molecule has 196 valence electrons. The summed E-state index contributed by atoms with van der Waals surface area (Å²) >= 11 is 0. The van der Waals surface area contributed by atoms with Gasteiger partial charge >= 0.3 is 6.03 Å². The summed E-state index contributed by atoms with van der Waals surface area (Å²) in [4.78, 5) is 31.1. The van der Waals surface area contributed by atoms with Crippen LogP contribution in [0, 0.1) is 0 Å². The second-order valence-electron chi connectivity index (χ2n) is 9.87. The Bertz CT molecular complexity index is 1060. The molecule has 2 heterocycles. The van der Waals surface area contributed by atoms with Crippen molar-refractivity contribution in [2.24, 2.45) is 0 Å². The molecule has 1 aromatic carbocycles. The Kier molecular flexibility index (Phi) is 8.62. The Morgan fingerprint density at radius 2 is 1.83 bits per heavy atom. The van der Waals surface area contributed by atoms with Crippen molar-refractivity contribution in [3.8, 4) is 11.5 Å². The van der Waals surface area contributed by atoms with Crippen LogP contribution in [0.15, 0.2) is 30.5 Å². The maximum atomic E-state index is 12.8. The third-order valence-corrected chi connectivity index (χ3v) is 5.90. The summed E-state index contributed by atoms with van der Waals surface area (Å²) in [6.07, 6.45) is 2.32. The van der Waals surface area contributed by atoms with Gasteiger partial charge in [-0.1, -0.05) is 0 Å². The number of aliphatic hydroxyl groups is 1. The predicted octanol–water partition coefficient (Wildman–Crippen LogP) is 3.01. The molecule has 0 radical (unpaired) electrons. The lowest BCUT2D eigenvalue weighted by molar-refractivity contribution is -0.116. The number of aromatic nitrogens is 1. The smallest absolute Gasteiger partial charge is 0.316 e. The van der Waals surface area contributed by atoms with Crippen molar-refractivity contribution in [3.05, 3.63) is 41.6 Å². The number of urea groups is 1. The first kappa shape index (κ1) is 27.1. The minimum Gasteiger partial charge on any atom is -0.497 e. The van der Waals surface area contributed by atoms with Crippen LogP contribution >= 0.6 is 0 Å². The number of methoxy groups -OCH3 is 2. The lowest BCUT2D eigenvalue weighted by Crippen LogP contribution is -2.54. The van der Waals surface area contributed by atoms with E-state index < -0.39 is 11.7 Å². The van der Waals surface area contributed by atoms with Crippen molar-refractivity contribution in [1.82, 2.24) is 15.6 Å². The molecule has 1 aromatic heterocycles. The van der Waals surface area contributed by atoms with Crippen molar-refractivity contribution in [3.63, 3.8) is 0 Å². The summed E-state index contributed by atoms with van der Waals surface area (Å²) in [5, 5.41) is 18.7. The van der Waals surface area contributed by atoms with Gasteiger partial charge in [0, 0.05) is 55.5 Å². The number of hydrogen-bond donors (Lipinski definition) is 4. The van der Waals surface area contributed by atoms with E-state index in [1.54, 1.807) is 26.5 Å². The number of ether oxygens (including phenoxy) is 2. The molecule has 1 aliphatic rings. The quantitative estimate of drug-likeness (QED) is 0.440. The molecular formula is C26H37N5O5. The molecule has 1 aliphatic heterocycles. The molecule has 0 bridgehead atoms. The maximum absolute atomic E-state index is 12.8.